The minimum atomic E-state index is -5.11. The Kier molecular flexibility index (Phi) is 13.3. The number of alkyl halides is 3. The molecule has 3 fully saturated rings. The molecule has 0 bridgehead atoms. The van der Waals surface area contributed by atoms with Crippen LogP contribution in [0.1, 0.15) is 93.4 Å². The molecule has 0 unspecified atom stereocenters. The number of amides is 4. The van der Waals surface area contributed by atoms with Gasteiger partial charge in [0.15, 0.2) is 0 Å². The summed E-state index contributed by atoms with van der Waals surface area (Å²) in [4.78, 5) is 71.9. The van der Waals surface area contributed by atoms with Crippen LogP contribution in [-0.4, -0.2) is 115 Å². The van der Waals surface area contributed by atoms with Crippen molar-refractivity contribution in [2.75, 3.05) is 6.54 Å². The molecule has 7 atom stereocenters. The molecule has 4 amide bonds. The van der Waals surface area contributed by atoms with Crippen LogP contribution < -0.4 is 19.5 Å². The quantitative estimate of drug-likeness (QED) is 0.166. The molecule has 4 aliphatic rings. The van der Waals surface area contributed by atoms with Crippen LogP contribution in [0, 0.1) is 17.8 Å². The number of nitrogens with one attached hydrogen (secondary N) is 2. The Balaban J connectivity index is 1.29. The van der Waals surface area contributed by atoms with E-state index in [1.165, 1.54) is 25.2 Å². The Labute approximate surface area is 385 Å². The SMILES string of the molecule is CC(C)Oc1ccc(-c2cc(O[C@@H]3C[C@H]4C(=O)N[C@]5(C(=O)NS(=O)(=O)C6(C)CC6)C[C@H]5C=CCC[C@@H](C)C[C@@H](C)[C@H](N(C(=O)O)C(C)(C)C(F)(F)F)C(=O)N4C3)cc(-c3nccs3)n2)cn1. The van der Waals surface area contributed by atoms with Gasteiger partial charge in [0.25, 0.3) is 5.91 Å². The van der Waals surface area contributed by atoms with Gasteiger partial charge in [-0.1, -0.05) is 26.0 Å². The molecule has 3 aromatic heterocycles. The first-order valence-electron chi connectivity index (χ1n) is 22.0. The fraction of sp³-hybridized carbons (Fsp3) is 0.578. The third-order valence-electron chi connectivity index (χ3n) is 13.1. The highest BCUT2D eigenvalue weighted by molar-refractivity contribution is 7.91. The summed E-state index contributed by atoms with van der Waals surface area (Å²) < 4.78 is 84.5. The second kappa shape index (κ2) is 18.1. The molecular weight excluding hydrogens is 904 g/mol. The van der Waals surface area contributed by atoms with E-state index >= 15 is 4.79 Å². The predicted octanol–water partition coefficient (Wildman–Crippen LogP) is 6.98. The summed E-state index contributed by atoms with van der Waals surface area (Å²) in [6.07, 6.45) is 0.0739. The Bertz CT molecular complexity index is 2460. The summed E-state index contributed by atoms with van der Waals surface area (Å²) in [5, 5.41) is 15.6. The number of fused-ring (bicyclic) bond motifs is 2. The van der Waals surface area contributed by atoms with E-state index in [0.29, 0.717) is 67.4 Å². The summed E-state index contributed by atoms with van der Waals surface area (Å²) >= 11 is 1.32. The van der Waals surface area contributed by atoms with Crippen LogP contribution in [0.15, 0.2) is 54.2 Å². The second-order valence-electron chi connectivity index (χ2n) is 19.1. The molecule has 21 heteroatoms. The Morgan fingerprint density at radius 2 is 1.80 bits per heavy atom. The van der Waals surface area contributed by atoms with Crippen LogP contribution in [0.2, 0.25) is 0 Å². The van der Waals surface area contributed by atoms with E-state index in [2.05, 4.69) is 20.0 Å². The standard InChI is InChI=1S/C45H56F3N7O9S2/c1-25(2)63-35-13-12-28(23-50-35)32-19-30(20-33(51-32)38-49-16-17-65-38)64-31-21-34-37(56)52-44(40(58)53-66(61,62)43(7)14-15-43)22-29(44)11-9-8-10-26(3)18-27(4)36(39(57)54(34)24-31)55(41(59)60)42(5,6)45(46,47)48/h9,11-13,16-17,19-20,23,25-27,29,31,34,36H,8,10,14-15,18,21-22,24H2,1-7H3,(H,52,56)(H,53,58)(H,59,60)/t26-,27-,29-,31-,34+,36+,44-/m1/s1. The Morgan fingerprint density at radius 1 is 1.09 bits per heavy atom. The highest BCUT2D eigenvalue weighted by Gasteiger charge is 2.64. The maximum atomic E-state index is 15.2. The van der Waals surface area contributed by atoms with Crippen LogP contribution in [-0.2, 0) is 24.4 Å². The van der Waals surface area contributed by atoms with E-state index < -0.39 is 85.9 Å². The first kappa shape index (κ1) is 48.6. The molecular formula is C45H56F3N7O9S2. The van der Waals surface area contributed by atoms with Gasteiger partial charge in [-0.3, -0.25) is 24.0 Å². The number of ether oxygens (including phenoxy) is 2. The molecule has 2 saturated carbocycles. The molecule has 66 heavy (non-hydrogen) atoms. The van der Waals surface area contributed by atoms with Gasteiger partial charge in [-0.25, -0.2) is 28.2 Å². The van der Waals surface area contributed by atoms with Crippen LogP contribution in [0.4, 0.5) is 18.0 Å². The fourth-order valence-corrected chi connectivity index (χ4v) is 10.7. The van der Waals surface area contributed by atoms with Crippen LogP contribution in [0.5, 0.6) is 11.6 Å². The van der Waals surface area contributed by atoms with Crippen LogP contribution >= 0.6 is 11.3 Å². The molecule has 0 radical (unpaired) electrons. The van der Waals surface area contributed by atoms with Crippen LogP contribution in [0.3, 0.4) is 0 Å². The lowest BCUT2D eigenvalue weighted by molar-refractivity contribution is -0.222. The summed E-state index contributed by atoms with van der Waals surface area (Å²) in [5.74, 6) is -4.08. The average molecular weight is 960 g/mol. The first-order chi connectivity index (χ1) is 30.9. The van der Waals surface area contributed by atoms with Gasteiger partial charge in [0, 0.05) is 53.9 Å². The van der Waals surface area contributed by atoms with Crippen molar-refractivity contribution in [1.29, 1.82) is 0 Å². The van der Waals surface area contributed by atoms with Crippen molar-refractivity contribution in [3.05, 3.63) is 54.2 Å². The van der Waals surface area contributed by atoms with Gasteiger partial charge in [-0.2, -0.15) is 13.2 Å². The number of sulfonamides is 1. The maximum Gasteiger partial charge on any atom is 0.411 e. The van der Waals surface area contributed by atoms with Crippen molar-refractivity contribution in [3.63, 3.8) is 0 Å². The van der Waals surface area contributed by atoms with Crippen molar-refractivity contribution in [2.24, 2.45) is 17.8 Å². The zero-order valence-electron chi connectivity index (χ0n) is 37.8. The van der Waals surface area contributed by atoms with Crippen molar-refractivity contribution in [2.45, 2.75) is 140 Å². The molecule has 0 aromatic carbocycles. The van der Waals surface area contributed by atoms with Crippen molar-refractivity contribution in [1.82, 2.24) is 34.8 Å². The van der Waals surface area contributed by atoms with Crippen molar-refractivity contribution < 1.29 is 55.3 Å². The normalized spacial score (nSPS) is 26.9. The monoisotopic (exact) mass is 959 g/mol. The van der Waals surface area contributed by atoms with Gasteiger partial charge in [0.2, 0.25) is 27.7 Å². The van der Waals surface area contributed by atoms with Crippen molar-refractivity contribution in [3.8, 4) is 33.6 Å². The minimum Gasteiger partial charge on any atom is -0.488 e. The van der Waals surface area contributed by atoms with E-state index in [-0.39, 0.29) is 48.5 Å². The van der Waals surface area contributed by atoms with Gasteiger partial charge in [0.05, 0.1) is 23.1 Å². The molecule has 2 aliphatic heterocycles. The van der Waals surface area contributed by atoms with Gasteiger partial charge < -0.3 is 24.8 Å². The first-order valence-corrected chi connectivity index (χ1v) is 24.4. The molecule has 1 saturated heterocycles. The van der Waals surface area contributed by atoms with E-state index in [1.807, 2.05) is 20.8 Å². The number of rotatable bonds is 11. The Morgan fingerprint density at radius 3 is 2.41 bits per heavy atom. The molecule has 0 spiro atoms. The van der Waals surface area contributed by atoms with E-state index in [1.54, 1.807) is 54.2 Å². The summed E-state index contributed by atoms with van der Waals surface area (Å²) in [6.45, 7) is 9.64. The highest BCUT2D eigenvalue weighted by atomic mass is 32.2. The molecule has 7 rings (SSSR count). The lowest BCUT2D eigenvalue weighted by Gasteiger charge is -2.45. The number of thiazole rings is 1. The molecule has 2 aliphatic carbocycles. The van der Waals surface area contributed by atoms with Gasteiger partial charge in [-0.05, 0) is 91.0 Å². The zero-order chi connectivity index (χ0) is 48.1. The summed E-state index contributed by atoms with van der Waals surface area (Å²) in [6, 6.07) is 3.27. The third kappa shape index (κ3) is 9.87. The predicted molar refractivity (Wildman–Crippen MR) is 238 cm³/mol. The van der Waals surface area contributed by atoms with E-state index in [4.69, 9.17) is 14.5 Å². The van der Waals surface area contributed by atoms with E-state index in [0.717, 1.165) is 4.90 Å². The molecule has 358 valence electrons. The molecule has 16 nitrogen and oxygen atoms in total. The van der Waals surface area contributed by atoms with Gasteiger partial charge in [-0.15, -0.1) is 11.3 Å². The number of hydrogen-bond acceptors (Lipinski definition) is 12. The second-order valence-corrected chi connectivity index (χ2v) is 22.2. The minimum absolute atomic E-state index is 0.0361. The number of allylic oxidation sites excluding steroid dienone is 1. The average Bonchev–Trinajstić information content (AvgIpc) is 3.98. The Hall–Kier alpha value is -5.31. The lowest BCUT2D eigenvalue weighted by atomic mass is 9.85. The van der Waals surface area contributed by atoms with Gasteiger partial charge in [0.1, 0.15) is 45.7 Å². The van der Waals surface area contributed by atoms with E-state index in [9.17, 15) is 41.1 Å². The highest BCUT2D eigenvalue weighted by Crippen LogP contribution is 2.48. The fourth-order valence-electron chi connectivity index (χ4n) is 8.80. The number of pyridine rings is 2. The topological polar surface area (TPSA) is 210 Å². The van der Waals surface area contributed by atoms with Gasteiger partial charge >= 0.3 is 12.3 Å². The lowest BCUT2D eigenvalue weighted by Crippen LogP contribution is -2.66. The number of hydrogen-bond donors (Lipinski definition) is 3. The number of carbonyl (C=O) groups excluding carboxylic acids is 3. The number of carboxylic acid groups (broad SMARTS) is 1. The maximum absolute atomic E-state index is 15.2. The van der Waals surface area contributed by atoms with Crippen LogP contribution in [0.25, 0.3) is 22.0 Å². The number of carbonyl (C=O) groups is 4. The van der Waals surface area contributed by atoms with Crippen molar-refractivity contribution >= 4 is 45.2 Å². The molecule has 3 aromatic rings. The third-order valence-corrected chi connectivity index (χ3v) is 16.1. The number of halogens is 3. The summed E-state index contributed by atoms with van der Waals surface area (Å²) in [7, 11) is -4.15. The molecule has 5 heterocycles. The number of aromatic nitrogens is 3. The number of nitrogens with zero attached hydrogens (tertiary/aromatic N) is 5. The smallest absolute Gasteiger partial charge is 0.411 e. The zero-order valence-corrected chi connectivity index (χ0v) is 39.4. The summed E-state index contributed by atoms with van der Waals surface area (Å²) in [5.41, 5.74) is -3.36. The molecule has 3 N–H and O–H groups in total. The largest absolute Gasteiger partial charge is 0.488 e.